The maximum Gasteiger partial charge on any atom is 0.338 e. The number of hydrogen-bond donors (Lipinski definition) is 0. The van der Waals surface area contributed by atoms with Gasteiger partial charge in [-0.1, -0.05) is 49.0 Å². The van der Waals surface area contributed by atoms with Gasteiger partial charge in [0.2, 0.25) is 5.91 Å². The Bertz CT molecular complexity index is 1100. The third-order valence-corrected chi connectivity index (χ3v) is 6.73. The number of amides is 1. The van der Waals surface area contributed by atoms with Gasteiger partial charge in [0.15, 0.2) is 5.17 Å². The van der Waals surface area contributed by atoms with Gasteiger partial charge >= 0.3 is 5.97 Å². The lowest BCUT2D eigenvalue weighted by atomic mass is 9.94. The summed E-state index contributed by atoms with van der Waals surface area (Å²) < 4.78 is 16.4. The van der Waals surface area contributed by atoms with Crippen molar-refractivity contribution in [3.05, 3.63) is 71.4 Å². The molecule has 0 radical (unpaired) electrons. The molecule has 0 aromatic heterocycles. The Balaban J connectivity index is 1.73. The van der Waals surface area contributed by atoms with Crippen molar-refractivity contribution in [2.24, 2.45) is 4.99 Å². The smallest absolute Gasteiger partial charge is 0.338 e. The van der Waals surface area contributed by atoms with Gasteiger partial charge in [-0.05, 0) is 43.2 Å². The van der Waals surface area contributed by atoms with Gasteiger partial charge in [-0.3, -0.25) is 9.69 Å². The van der Waals surface area contributed by atoms with E-state index in [1.54, 1.807) is 18.9 Å². The zero-order valence-electron chi connectivity index (χ0n) is 18.8. The number of carbonyl (C=O) groups is 2. The van der Waals surface area contributed by atoms with Crippen LogP contribution >= 0.6 is 11.8 Å². The zero-order chi connectivity index (χ0) is 23.4. The van der Waals surface area contributed by atoms with E-state index < -0.39 is 12.0 Å². The van der Waals surface area contributed by atoms with Crippen LogP contribution in [0.1, 0.15) is 31.9 Å². The van der Waals surface area contributed by atoms with Crippen molar-refractivity contribution >= 4 is 28.8 Å². The Morgan fingerprint density at radius 2 is 1.85 bits per heavy atom. The minimum Gasteiger partial charge on any atom is -0.460 e. The number of ether oxygens (including phenoxy) is 3. The molecule has 33 heavy (non-hydrogen) atoms. The number of amidine groups is 1. The molecular formula is C25H26N2O5S. The topological polar surface area (TPSA) is 77.4 Å². The molecule has 2 aliphatic heterocycles. The molecule has 1 saturated heterocycles. The van der Waals surface area contributed by atoms with E-state index in [4.69, 9.17) is 14.2 Å². The molecule has 4 rings (SSSR count). The molecule has 1 fully saturated rings. The average molecular weight is 467 g/mol. The molecule has 2 aromatic rings. The van der Waals surface area contributed by atoms with Crippen LogP contribution in [-0.2, 0) is 19.1 Å². The normalized spacial score (nSPS) is 19.9. The molecule has 8 heteroatoms. The molecule has 2 aromatic carbocycles. The Kier molecular flexibility index (Phi) is 7.15. The highest BCUT2D eigenvalue weighted by Gasteiger charge is 2.47. The van der Waals surface area contributed by atoms with Gasteiger partial charge in [0, 0.05) is 7.11 Å². The van der Waals surface area contributed by atoms with Crippen molar-refractivity contribution in [1.29, 1.82) is 0 Å². The van der Waals surface area contributed by atoms with Crippen LogP contribution < -0.4 is 4.74 Å². The Morgan fingerprint density at radius 3 is 2.58 bits per heavy atom. The second-order valence-corrected chi connectivity index (χ2v) is 8.81. The second-order valence-electron chi connectivity index (χ2n) is 7.64. The van der Waals surface area contributed by atoms with Crippen molar-refractivity contribution in [3.8, 4) is 11.5 Å². The number of thioether (sulfide) groups is 1. The number of aliphatic imine (C=N–C) groups is 1. The van der Waals surface area contributed by atoms with Crippen LogP contribution in [-0.4, -0.2) is 47.5 Å². The number of carbonyl (C=O) groups excluding carboxylic acids is 2. The summed E-state index contributed by atoms with van der Waals surface area (Å²) in [6.45, 7) is 4.15. The number of benzene rings is 2. The number of fused-ring (bicyclic) bond motifs is 1. The van der Waals surface area contributed by atoms with Gasteiger partial charge in [0.25, 0.3) is 0 Å². The molecule has 0 N–H and O–H groups in total. The summed E-state index contributed by atoms with van der Waals surface area (Å²) in [4.78, 5) is 32.6. The molecule has 0 bridgehead atoms. The largest absolute Gasteiger partial charge is 0.460 e. The van der Waals surface area contributed by atoms with E-state index in [-0.39, 0.29) is 24.4 Å². The van der Waals surface area contributed by atoms with E-state index in [0.29, 0.717) is 34.4 Å². The Labute approximate surface area is 197 Å². The van der Waals surface area contributed by atoms with Crippen LogP contribution in [0.2, 0.25) is 0 Å². The van der Waals surface area contributed by atoms with Gasteiger partial charge < -0.3 is 14.2 Å². The monoisotopic (exact) mass is 466 g/mol. The second kappa shape index (κ2) is 10.2. The number of esters is 1. The summed E-state index contributed by atoms with van der Waals surface area (Å²) in [7, 11) is 1.54. The van der Waals surface area contributed by atoms with Gasteiger partial charge in [-0.25, -0.2) is 9.79 Å². The zero-order valence-corrected chi connectivity index (χ0v) is 19.6. The SMILES string of the molecule is CCC1SC2=NC(C)=C(C(=O)OCCOC)C(c3cccc(Oc4ccccc4)c3)N2C1=O. The van der Waals surface area contributed by atoms with Crippen LogP contribution in [0, 0.1) is 0 Å². The van der Waals surface area contributed by atoms with Crippen LogP contribution in [0.5, 0.6) is 11.5 Å². The number of methoxy groups -OCH3 is 1. The van der Waals surface area contributed by atoms with Crippen molar-refractivity contribution in [1.82, 2.24) is 4.90 Å². The maximum absolute atomic E-state index is 13.3. The summed E-state index contributed by atoms with van der Waals surface area (Å²) in [6, 6.07) is 16.2. The van der Waals surface area contributed by atoms with Crippen LogP contribution in [0.4, 0.5) is 0 Å². The third kappa shape index (κ3) is 4.82. The third-order valence-electron chi connectivity index (χ3n) is 5.42. The first-order valence-corrected chi connectivity index (χ1v) is 11.7. The standard InChI is InChI=1S/C25H26N2O5S/c1-4-20-23(28)27-22(17-9-8-12-19(15-17)32-18-10-6-5-7-11-18)21(16(2)26-25(27)33-20)24(29)31-14-13-30-3/h5-12,15,20,22H,4,13-14H2,1-3H3. The summed E-state index contributed by atoms with van der Waals surface area (Å²) in [5, 5.41) is 0.379. The lowest BCUT2D eigenvalue weighted by Gasteiger charge is -2.33. The first-order valence-electron chi connectivity index (χ1n) is 10.8. The summed E-state index contributed by atoms with van der Waals surface area (Å²) >= 11 is 1.44. The van der Waals surface area contributed by atoms with Crippen LogP contribution in [0.3, 0.4) is 0 Å². The van der Waals surface area contributed by atoms with Gasteiger partial charge in [-0.2, -0.15) is 0 Å². The first-order chi connectivity index (χ1) is 16.0. The number of rotatable bonds is 8. The van der Waals surface area contributed by atoms with Crippen LogP contribution in [0.15, 0.2) is 70.9 Å². The van der Waals surface area contributed by atoms with E-state index in [1.807, 2.05) is 61.5 Å². The van der Waals surface area contributed by atoms with E-state index in [9.17, 15) is 9.59 Å². The quantitative estimate of drug-likeness (QED) is 0.414. The first kappa shape index (κ1) is 23.1. The Hall–Kier alpha value is -3.10. The fourth-order valence-corrected chi connectivity index (χ4v) is 4.97. The Morgan fingerprint density at radius 1 is 1.09 bits per heavy atom. The van der Waals surface area contributed by atoms with E-state index in [2.05, 4.69) is 4.99 Å². The van der Waals surface area contributed by atoms with Gasteiger partial charge in [-0.15, -0.1) is 0 Å². The van der Waals surface area contributed by atoms with Crippen molar-refractivity contribution in [3.63, 3.8) is 0 Å². The number of allylic oxidation sites excluding steroid dienone is 1. The molecule has 2 aliphatic rings. The number of para-hydroxylation sites is 1. The molecule has 2 atom stereocenters. The lowest BCUT2D eigenvalue weighted by Crippen LogP contribution is -2.40. The van der Waals surface area contributed by atoms with Gasteiger partial charge in [0.05, 0.1) is 29.2 Å². The minimum atomic E-state index is -0.650. The highest BCUT2D eigenvalue weighted by molar-refractivity contribution is 8.15. The molecule has 0 saturated carbocycles. The fraction of sp³-hybridized carbons (Fsp3) is 0.320. The predicted molar refractivity (Wildman–Crippen MR) is 127 cm³/mol. The minimum absolute atomic E-state index is 0.0599. The molecule has 0 spiro atoms. The van der Waals surface area contributed by atoms with E-state index in [0.717, 1.165) is 5.56 Å². The average Bonchev–Trinajstić information content (AvgIpc) is 3.14. The molecule has 2 heterocycles. The summed E-state index contributed by atoms with van der Waals surface area (Å²) in [5.74, 6) is 0.740. The van der Waals surface area contributed by atoms with E-state index >= 15 is 0 Å². The van der Waals surface area contributed by atoms with Crippen molar-refractivity contribution in [2.75, 3.05) is 20.3 Å². The van der Waals surface area contributed by atoms with Crippen LogP contribution in [0.25, 0.3) is 0 Å². The predicted octanol–water partition coefficient (Wildman–Crippen LogP) is 4.71. The van der Waals surface area contributed by atoms with Crippen molar-refractivity contribution < 1.29 is 23.8 Å². The molecule has 0 aliphatic carbocycles. The van der Waals surface area contributed by atoms with Gasteiger partial charge in [0.1, 0.15) is 18.1 Å². The molecule has 172 valence electrons. The molecule has 2 unspecified atom stereocenters. The number of hydrogen-bond acceptors (Lipinski definition) is 7. The molecule has 7 nitrogen and oxygen atoms in total. The molecular weight excluding hydrogens is 440 g/mol. The number of nitrogens with zero attached hydrogens (tertiary/aromatic N) is 2. The lowest BCUT2D eigenvalue weighted by molar-refractivity contribution is -0.141. The highest BCUT2D eigenvalue weighted by atomic mass is 32.2. The van der Waals surface area contributed by atoms with Crippen molar-refractivity contribution in [2.45, 2.75) is 31.6 Å². The summed E-state index contributed by atoms with van der Waals surface area (Å²) in [6.07, 6.45) is 0.676. The van der Waals surface area contributed by atoms with E-state index in [1.165, 1.54) is 11.8 Å². The highest BCUT2D eigenvalue weighted by Crippen LogP contribution is 2.44. The molecule has 1 amide bonds. The summed E-state index contributed by atoms with van der Waals surface area (Å²) in [5.41, 5.74) is 1.64. The maximum atomic E-state index is 13.3. The fourth-order valence-electron chi connectivity index (χ4n) is 3.83.